The van der Waals surface area contributed by atoms with Crippen LogP contribution in [0.25, 0.3) is 0 Å². The molecule has 0 spiro atoms. The predicted molar refractivity (Wildman–Crippen MR) is 51.0 cm³/mol. The number of allylic oxidation sites excluding steroid dienone is 2. The molecule has 68 valence electrons. The molecule has 0 bridgehead atoms. The lowest BCUT2D eigenvalue weighted by Gasteiger charge is -2.32. The Morgan fingerprint density at radius 3 is 2.58 bits per heavy atom. The molecule has 0 radical (unpaired) electrons. The van der Waals surface area contributed by atoms with E-state index in [0.717, 1.165) is 6.42 Å². The Kier molecular flexibility index (Phi) is 2.71. The van der Waals surface area contributed by atoms with Gasteiger partial charge in [0, 0.05) is 0 Å². The van der Waals surface area contributed by atoms with Gasteiger partial charge in [0.15, 0.2) is 5.78 Å². The third-order valence-electron chi connectivity index (χ3n) is 2.74. The van der Waals surface area contributed by atoms with E-state index in [1.165, 1.54) is 24.8 Å². The van der Waals surface area contributed by atoms with Crippen LogP contribution in [-0.2, 0) is 4.79 Å². The summed E-state index contributed by atoms with van der Waals surface area (Å²) in [5.74, 6) is 0.194. The third-order valence-corrected chi connectivity index (χ3v) is 2.74. The maximum Gasteiger partial charge on any atom is 0.152 e. The summed E-state index contributed by atoms with van der Waals surface area (Å²) in [7, 11) is 0. The average Bonchev–Trinajstić information content (AvgIpc) is 1.92. The summed E-state index contributed by atoms with van der Waals surface area (Å²) in [6, 6.07) is 0. The SMILES string of the molecule is CC(=O)C=C1CCCCC1(C)C. The van der Waals surface area contributed by atoms with Gasteiger partial charge in [0.25, 0.3) is 0 Å². The summed E-state index contributed by atoms with van der Waals surface area (Å²) in [5.41, 5.74) is 1.62. The number of hydrogen-bond acceptors (Lipinski definition) is 1. The van der Waals surface area contributed by atoms with E-state index < -0.39 is 0 Å². The molecule has 1 rings (SSSR count). The monoisotopic (exact) mass is 166 g/mol. The highest BCUT2D eigenvalue weighted by atomic mass is 16.1. The van der Waals surface area contributed by atoms with Crippen molar-refractivity contribution >= 4 is 5.78 Å². The molecule has 0 N–H and O–H groups in total. The van der Waals surface area contributed by atoms with Crippen molar-refractivity contribution < 1.29 is 4.79 Å². The van der Waals surface area contributed by atoms with Crippen LogP contribution in [-0.4, -0.2) is 5.78 Å². The van der Waals surface area contributed by atoms with Crippen molar-refractivity contribution in [3.63, 3.8) is 0 Å². The summed E-state index contributed by atoms with van der Waals surface area (Å²) in [6.07, 6.45) is 6.74. The van der Waals surface area contributed by atoms with Gasteiger partial charge in [-0.2, -0.15) is 0 Å². The van der Waals surface area contributed by atoms with Gasteiger partial charge in [-0.15, -0.1) is 0 Å². The Bertz CT molecular complexity index is 211. The Hall–Kier alpha value is -0.590. The van der Waals surface area contributed by atoms with Gasteiger partial charge in [-0.3, -0.25) is 4.79 Å². The lowest BCUT2D eigenvalue weighted by molar-refractivity contribution is -0.112. The predicted octanol–water partition coefficient (Wildman–Crippen LogP) is 3.10. The molecule has 1 fully saturated rings. The zero-order valence-electron chi connectivity index (χ0n) is 8.31. The molecule has 0 aliphatic heterocycles. The fourth-order valence-electron chi connectivity index (χ4n) is 1.89. The Labute approximate surface area is 74.9 Å². The standard InChI is InChI=1S/C11H18O/c1-9(12)8-10-6-4-5-7-11(10,2)3/h8H,4-7H2,1-3H3. The largest absolute Gasteiger partial charge is 0.295 e. The summed E-state index contributed by atoms with van der Waals surface area (Å²) in [4.78, 5) is 10.9. The van der Waals surface area contributed by atoms with Crippen molar-refractivity contribution in [2.75, 3.05) is 0 Å². The van der Waals surface area contributed by atoms with E-state index in [1.807, 2.05) is 6.08 Å². The summed E-state index contributed by atoms with van der Waals surface area (Å²) >= 11 is 0. The number of carbonyl (C=O) groups is 1. The third kappa shape index (κ3) is 2.20. The normalized spacial score (nSPS) is 25.8. The molecule has 12 heavy (non-hydrogen) atoms. The molecule has 1 saturated carbocycles. The Morgan fingerprint density at radius 2 is 2.08 bits per heavy atom. The van der Waals surface area contributed by atoms with Gasteiger partial charge in [0.1, 0.15) is 0 Å². The number of hydrogen-bond donors (Lipinski definition) is 0. The number of rotatable bonds is 1. The highest BCUT2D eigenvalue weighted by Gasteiger charge is 2.26. The van der Waals surface area contributed by atoms with Gasteiger partial charge in [0.05, 0.1) is 0 Å². The first kappa shape index (κ1) is 9.50. The minimum Gasteiger partial charge on any atom is -0.295 e. The molecular formula is C11H18O. The smallest absolute Gasteiger partial charge is 0.152 e. The first-order valence-electron chi connectivity index (χ1n) is 4.74. The van der Waals surface area contributed by atoms with Gasteiger partial charge in [-0.05, 0) is 37.7 Å². The van der Waals surface area contributed by atoms with Crippen LogP contribution < -0.4 is 0 Å². The Balaban J connectivity index is 2.79. The quantitative estimate of drug-likeness (QED) is 0.547. The van der Waals surface area contributed by atoms with Gasteiger partial charge in [-0.1, -0.05) is 25.8 Å². The molecule has 1 heteroatoms. The van der Waals surface area contributed by atoms with Crippen molar-refractivity contribution in [3.05, 3.63) is 11.6 Å². The molecule has 0 aromatic heterocycles. The molecule has 0 atom stereocenters. The topological polar surface area (TPSA) is 17.1 Å². The van der Waals surface area contributed by atoms with E-state index in [2.05, 4.69) is 13.8 Å². The highest BCUT2D eigenvalue weighted by Crippen LogP contribution is 2.39. The fourth-order valence-corrected chi connectivity index (χ4v) is 1.89. The van der Waals surface area contributed by atoms with Crippen LogP contribution in [0.4, 0.5) is 0 Å². The molecule has 0 aromatic carbocycles. The first-order valence-corrected chi connectivity index (χ1v) is 4.74. The van der Waals surface area contributed by atoms with E-state index in [-0.39, 0.29) is 11.2 Å². The fraction of sp³-hybridized carbons (Fsp3) is 0.727. The van der Waals surface area contributed by atoms with Crippen LogP contribution >= 0.6 is 0 Å². The minimum absolute atomic E-state index is 0.194. The van der Waals surface area contributed by atoms with Crippen LogP contribution in [0.2, 0.25) is 0 Å². The molecule has 0 unspecified atom stereocenters. The van der Waals surface area contributed by atoms with Crippen molar-refractivity contribution in [2.45, 2.75) is 46.5 Å². The molecule has 1 aliphatic rings. The minimum atomic E-state index is 0.194. The van der Waals surface area contributed by atoms with E-state index in [0.29, 0.717) is 0 Å². The van der Waals surface area contributed by atoms with E-state index in [1.54, 1.807) is 6.92 Å². The van der Waals surface area contributed by atoms with Crippen LogP contribution in [0.3, 0.4) is 0 Å². The molecule has 0 heterocycles. The summed E-state index contributed by atoms with van der Waals surface area (Å²) in [6.45, 7) is 6.11. The van der Waals surface area contributed by atoms with Gasteiger partial charge < -0.3 is 0 Å². The maximum absolute atomic E-state index is 10.9. The molecule has 0 aromatic rings. The lowest BCUT2D eigenvalue weighted by Crippen LogP contribution is -2.19. The van der Waals surface area contributed by atoms with Crippen LogP contribution in [0, 0.1) is 5.41 Å². The maximum atomic E-state index is 10.9. The van der Waals surface area contributed by atoms with Crippen LogP contribution in [0.1, 0.15) is 46.5 Å². The van der Waals surface area contributed by atoms with Crippen molar-refractivity contribution in [3.8, 4) is 0 Å². The first-order chi connectivity index (χ1) is 5.52. The van der Waals surface area contributed by atoms with Crippen LogP contribution in [0.15, 0.2) is 11.6 Å². The van der Waals surface area contributed by atoms with Gasteiger partial charge in [-0.25, -0.2) is 0 Å². The van der Waals surface area contributed by atoms with Crippen molar-refractivity contribution in [1.82, 2.24) is 0 Å². The zero-order chi connectivity index (χ0) is 9.19. The van der Waals surface area contributed by atoms with E-state index in [9.17, 15) is 4.79 Å². The molecule has 0 amide bonds. The van der Waals surface area contributed by atoms with Crippen molar-refractivity contribution in [2.24, 2.45) is 5.41 Å². The Morgan fingerprint density at radius 1 is 1.42 bits per heavy atom. The van der Waals surface area contributed by atoms with E-state index in [4.69, 9.17) is 0 Å². The molecule has 1 nitrogen and oxygen atoms in total. The second-order valence-corrected chi connectivity index (χ2v) is 4.37. The zero-order valence-corrected chi connectivity index (χ0v) is 8.31. The average molecular weight is 166 g/mol. The summed E-state index contributed by atoms with van der Waals surface area (Å²) < 4.78 is 0. The molecular weight excluding hydrogens is 148 g/mol. The molecule has 0 saturated heterocycles. The van der Waals surface area contributed by atoms with E-state index >= 15 is 0 Å². The molecule has 1 aliphatic carbocycles. The van der Waals surface area contributed by atoms with Crippen LogP contribution in [0.5, 0.6) is 0 Å². The second-order valence-electron chi connectivity index (χ2n) is 4.37. The second kappa shape index (κ2) is 3.42. The van der Waals surface area contributed by atoms with Gasteiger partial charge in [0.2, 0.25) is 0 Å². The number of carbonyl (C=O) groups excluding carboxylic acids is 1. The summed E-state index contributed by atoms with van der Waals surface area (Å²) in [5, 5.41) is 0. The highest BCUT2D eigenvalue weighted by molar-refractivity contribution is 5.88. The van der Waals surface area contributed by atoms with Gasteiger partial charge >= 0.3 is 0 Å². The number of ketones is 1. The lowest BCUT2D eigenvalue weighted by atomic mass is 9.73. The van der Waals surface area contributed by atoms with Crippen molar-refractivity contribution in [1.29, 1.82) is 0 Å².